The van der Waals surface area contributed by atoms with Crippen molar-refractivity contribution in [3.8, 4) is 11.3 Å². The van der Waals surface area contributed by atoms with Crippen LogP contribution in [0.4, 0.5) is 34.4 Å². The van der Waals surface area contributed by atoms with Gasteiger partial charge in [-0.1, -0.05) is 194 Å². The second-order valence-electron chi connectivity index (χ2n) is 18.4. The van der Waals surface area contributed by atoms with E-state index < -0.39 is 16.1 Å². The zero-order valence-corrected chi connectivity index (χ0v) is 40.6. The standard InChI is InChI=1S/C64H44N4OSi2/c1-5-21-47(22-6-1)70(48-23-7-2-8-24-48)60-33-17-13-29-54(60)67(55-30-14-18-34-61(55)70)46-38-40-59-52(44-46)51-43-45(37-39-58(51)69-59)53-41-42-65-64(66-53)68-56-31-15-19-35-62(56)71(49-25-9-3-10-26-49,50-27-11-4-12-28-50)63-36-20-16-32-57(63)68/h1-44H. The average Bonchev–Trinajstić information content (AvgIpc) is 3.82. The fourth-order valence-corrected chi connectivity index (χ4v) is 22.2. The SMILES string of the molecule is c1ccc([Si]2(c3ccccc3)c3ccccc3N(c3ccc4oc5ccc(-c6ccnc(N7c8ccccc8[Si](c8ccccc8)(c8ccccc8)c8ccccc87)n6)cc5c4c3)c3ccccc32)cc1. The zero-order chi connectivity index (χ0) is 46.9. The Morgan fingerprint density at radius 1 is 0.338 bits per heavy atom. The molecule has 0 N–H and O–H groups in total. The molecule has 2 aliphatic heterocycles. The van der Waals surface area contributed by atoms with Crippen LogP contribution in [0.5, 0.6) is 0 Å². The summed E-state index contributed by atoms with van der Waals surface area (Å²) in [7, 11) is -5.53. The van der Waals surface area contributed by atoms with Gasteiger partial charge in [-0.25, -0.2) is 9.97 Å². The third-order valence-electron chi connectivity index (χ3n) is 14.9. The van der Waals surface area contributed by atoms with Gasteiger partial charge in [-0.2, -0.15) is 0 Å². The lowest BCUT2D eigenvalue weighted by Crippen LogP contribution is -2.77. The van der Waals surface area contributed by atoms with Crippen LogP contribution >= 0.6 is 0 Å². The molecule has 0 atom stereocenters. The molecule has 7 heteroatoms. The van der Waals surface area contributed by atoms with Gasteiger partial charge >= 0.3 is 0 Å². The molecular weight excluding hydrogens is 897 g/mol. The fourth-order valence-electron chi connectivity index (χ4n) is 12.0. The number of hydrogen-bond acceptors (Lipinski definition) is 5. The van der Waals surface area contributed by atoms with Crippen LogP contribution in [-0.2, 0) is 0 Å². The lowest BCUT2D eigenvalue weighted by Gasteiger charge is -2.45. The third kappa shape index (κ3) is 6.10. The molecule has 10 aromatic carbocycles. The van der Waals surface area contributed by atoms with Crippen molar-refractivity contribution in [2.45, 2.75) is 0 Å². The van der Waals surface area contributed by atoms with E-state index in [1.807, 2.05) is 12.3 Å². The van der Waals surface area contributed by atoms with Crippen molar-refractivity contribution in [1.29, 1.82) is 0 Å². The van der Waals surface area contributed by atoms with E-state index in [0.29, 0.717) is 5.95 Å². The Kier molecular flexibility index (Phi) is 9.49. The second kappa shape index (κ2) is 16.4. The molecule has 0 radical (unpaired) electrons. The van der Waals surface area contributed by atoms with Crippen molar-refractivity contribution in [2.75, 3.05) is 9.80 Å². The van der Waals surface area contributed by atoms with Crippen molar-refractivity contribution in [3.05, 3.63) is 267 Å². The molecular formula is C64H44N4OSi2. The summed E-state index contributed by atoms with van der Waals surface area (Å²) >= 11 is 0. The molecule has 4 heterocycles. The van der Waals surface area contributed by atoms with Crippen LogP contribution in [0.2, 0.25) is 0 Å². The van der Waals surface area contributed by atoms with Gasteiger partial charge < -0.3 is 9.32 Å². The minimum absolute atomic E-state index is 0.624. The van der Waals surface area contributed by atoms with E-state index in [0.717, 1.165) is 50.3 Å². The maximum atomic E-state index is 6.61. The summed E-state index contributed by atoms with van der Waals surface area (Å²) in [4.78, 5) is 15.2. The number of aromatic nitrogens is 2. The largest absolute Gasteiger partial charge is 0.456 e. The summed E-state index contributed by atoms with van der Waals surface area (Å²) < 4.78 is 6.61. The molecule has 2 aromatic heterocycles. The van der Waals surface area contributed by atoms with Crippen LogP contribution in [0.3, 0.4) is 0 Å². The molecule has 2 aliphatic rings. The first-order valence-electron chi connectivity index (χ1n) is 24.2. The lowest BCUT2D eigenvalue weighted by atomic mass is 10.1. The van der Waals surface area contributed by atoms with Crippen LogP contribution < -0.4 is 51.3 Å². The molecule has 0 amide bonds. The summed E-state index contributed by atoms with van der Waals surface area (Å²) in [5, 5.41) is 12.8. The Labute approximate surface area is 414 Å². The Morgan fingerprint density at radius 3 is 1.17 bits per heavy atom. The van der Waals surface area contributed by atoms with Gasteiger partial charge in [-0.3, -0.25) is 4.90 Å². The van der Waals surface area contributed by atoms with Crippen molar-refractivity contribution in [3.63, 3.8) is 0 Å². The molecule has 0 fully saturated rings. The highest BCUT2D eigenvalue weighted by Gasteiger charge is 2.50. The highest BCUT2D eigenvalue weighted by atomic mass is 28.3. The highest BCUT2D eigenvalue weighted by Crippen LogP contribution is 2.42. The first-order chi connectivity index (χ1) is 35.2. The lowest BCUT2D eigenvalue weighted by molar-refractivity contribution is 0.669. The number of hydrogen-bond donors (Lipinski definition) is 0. The van der Waals surface area contributed by atoms with Gasteiger partial charge in [0.15, 0.2) is 16.1 Å². The molecule has 12 aromatic rings. The summed E-state index contributed by atoms with van der Waals surface area (Å²) in [5.41, 5.74) is 9.15. The number of furan rings is 1. The number of fused-ring (bicyclic) bond motifs is 7. The summed E-state index contributed by atoms with van der Waals surface area (Å²) in [6.07, 6.45) is 1.89. The number of benzene rings is 10. The van der Waals surface area contributed by atoms with Crippen LogP contribution in [0.15, 0.2) is 271 Å². The van der Waals surface area contributed by atoms with Crippen molar-refractivity contribution < 1.29 is 4.42 Å². The van der Waals surface area contributed by atoms with Gasteiger partial charge in [-0.05, 0) is 108 Å². The monoisotopic (exact) mass is 940 g/mol. The molecule has 0 saturated heterocycles. The molecule has 334 valence electrons. The summed E-state index contributed by atoms with van der Waals surface area (Å²) in [6.45, 7) is 0. The minimum Gasteiger partial charge on any atom is -0.456 e. The van der Waals surface area contributed by atoms with Crippen molar-refractivity contribution in [1.82, 2.24) is 9.97 Å². The van der Waals surface area contributed by atoms with Crippen molar-refractivity contribution >= 4 is 114 Å². The van der Waals surface area contributed by atoms with Gasteiger partial charge in [0.2, 0.25) is 5.95 Å². The molecule has 5 nitrogen and oxygen atoms in total. The Morgan fingerprint density at radius 2 is 0.718 bits per heavy atom. The quantitative estimate of drug-likeness (QED) is 0.149. The first kappa shape index (κ1) is 41.1. The molecule has 0 bridgehead atoms. The van der Waals surface area contributed by atoms with E-state index in [2.05, 4.69) is 265 Å². The van der Waals surface area contributed by atoms with E-state index in [4.69, 9.17) is 14.4 Å². The highest BCUT2D eigenvalue weighted by molar-refractivity contribution is 7.22. The molecule has 14 rings (SSSR count). The average molecular weight is 941 g/mol. The number of rotatable bonds is 7. The van der Waals surface area contributed by atoms with E-state index in [-0.39, 0.29) is 0 Å². The van der Waals surface area contributed by atoms with Gasteiger partial charge in [0.1, 0.15) is 11.2 Å². The first-order valence-corrected chi connectivity index (χ1v) is 28.2. The normalized spacial score (nSPS) is 14.1. The summed E-state index contributed by atoms with van der Waals surface area (Å²) in [5.74, 6) is 0.624. The molecule has 0 spiro atoms. The van der Waals surface area contributed by atoms with Gasteiger partial charge in [0.05, 0.1) is 5.69 Å². The third-order valence-corrected chi connectivity index (χ3v) is 24.6. The second-order valence-corrected chi connectivity index (χ2v) is 25.9. The zero-order valence-electron chi connectivity index (χ0n) is 38.6. The molecule has 0 saturated carbocycles. The number of nitrogens with zero attached hydrogens (tertiary/aromatic N) is 4. The van der Waals surface area contributed by atoms with E-state index in [9.17, 15) is 0 Å². The fraction of sp³-hybridized carbons (Fsp3) is 0. The maximum Gasteiger partial charge on any atom is 0.235 e. The predicted molar refractivity (Wildman–Crippen MR) is 298 cm³/mol. The Hall–Kier alpha value is -8.89. The Balaban J connectivity index is 0.903. The number of para-hydroxylation sites is 4. The summed E-state index contributed by atoms with van der Waals surface area (Å²) in [6, 6.07) is 95.4. The van der Waals surface area contributed by atoms with E-state index in [1.165, 1.54) is 52.9 Å². The smallest absolute Gasteiger partial charge is 0.235 e. The van der Waals surface area contributed by atoms with E-state index in [1.54, 1.807) is 0 Å². The van der Waals surface area contributed by atoms with Crippen LogP contribution in [0, 0.1) is 0 Å². The van der Waals surface area contributed by atoms with Crippen LogP contribution in [-0.4, -0.2) is 26.1 Å². The predicted octanol–water partition coefficient (Wildman–Crippen LogP) is 10.4. The van der Waals surface area contributed by atoms with Gasteiger partial charge in [0, 0.05) is 51.0 Å². The van der Waals surface area contributed by atoms with Gasteiger partial charge in [-0.15, -0.1) is 0 Å². The molecule has 0 unspecified atom stereocenters. The van der Waals surface area contributed by atoms with Crippen molar-refractivity contribution in [2.24, 2.45) is 0 Å². The van der Waals surface area contributed by atoms with Gasteiger partial charge in [0.25, 0.3) is 0 Å². The molecule has 71 heavy (non-hydrogen) atoms. The maximum absolute atomic E-state index is 6.61. The van der Waals surface area contributed by atoms with Crippen LogP contribution in [0.1, 0.15) is 0 Å². The Bertz CT molecular complexity index is 3800. The number of anilines is 6. The minimum atomic E-state index is -2.78. The van der Waals surface area contributed by atoms with Crippen LogP contribution in [0.25, 0.3) is 33.2 Å². The van der Waals surface area contributed by atoms with E-state index >= 15 is 0 Å². The topological polar surface area (TPSA) is 45.4 Å². The molecule has 0 aliphatic carbocycles.